The Morgan fingerprint density at radius 1 is 1.38 bits per heavy atom. The van der Waals surface area contributed by atoms with Crippen LogP contribution in [-0.4, -0.2) is 33.4 Å². The van der Waals surface area contributed by atoms with E-state index in [4.69, 9.17) is 23.2 Å². The average molecular weight is 387 g/mol. The number of nitrogens with zero attached hydrogens (tertiary/aromatic N) is 1. The maximum atomic E-state index is 12.8. The molecule has 3 rings (SSSR count). The van der Waals surface area contributed by atoms with Gasteiger partial charge in [0.2, 0.25) is 11.8 Å². The zero-order chi connectivity index (χ0) is 17.7. The van der Waals surface area contributed by atoms with Crippen molar-refractivity contribution in [1.82, 2.24) is 10.2 Å². The van der Waals surface area contributed by atoms with Gasteiger partial charge in [-0.25, -0.2) is 0 Å². The highest BCUT2D eigenvalue weighted by molar-refractivity contribution is 8.01. The molecule has 2 saturated heterocycles. The smallest absolute Gasteiger partial charge is 0.244 e. The summed E-state index contributed by atoms with van der Waals surface area (Å²) in [6, 6.07) is 4.92. The van der Waals surface area contributed by atoms with E-state index in [0.29, 0.717) is 22.2 Å². The number of fused-ring (bicyclic) bond motifs is 1. The Balaban J connectivity index is 1.78. The minimum Gasteiger partial charge on any atom is -0.345 e. The molecule has 2 aliphatic heterocycles. The lowest BCUT2D eigenvalue weighted by Crippen LogP contribution is -2.53. The molecule has 1 N–H and O–H groups in total. The summed E-state index contributed by atoms with van der Waals surface area (Å²) >= 11 is 13.7. The number of carbonyl (C=O) groups is 2. The Morgan fingerprint density at radius 2 is 2.08 bits per heavy atom. The first-order chi connectivity index (χ1) is 11.1. The van der Waals surface area contributed by atoms with Crippen LogP contribution in [0.15, 0.2) is 18.2 Å². The van der Waals surface area contributed by atoms with E-state index in [0.717, 1.165) is 12.0 Å². The molecule has 130 valence electrons. The Hall–Kier alpha value is -0.910. The molecule has 2 heterocycles. The van der Waals surface area contributed by atoms with Crippen molar-refractivity contribution in [3.8, 4) is 0 Å². The van der Waals surface area contributed by atoms with Crippen molar-refractivity contribution in [2.45, 2.75) is 50.1 Å². The number of hydrogen-bond acceptors (Lipinski definition) is 3. The fraction of sp³-hybridized carbons (Fsp3) is 0.529. The van der Waals surface area contributed by atoms with Crippen LogP contribution in [0, 0.1) is 0 Å². The molecular weight excluding hydrogens is 367 g/mol. The van der Waals surface area contributed by atoms with Crippen LogP contribution < -0.4 is 5.32 Å². The number of nitrogens with one attached hydrogen (secondary N) is 1. The second-order valence-electron chi connectivity index (χ2n) is 7.01. The van der Waals surface area contributed by atoms with Gasteiger partial charge in [0.25, 0.3) is 0 Å². The number of halogens is 2. The van der Waals surface area contributed by atoms with Gasteiger partial charge in [0.05, 0.1) is 20.5 Å². The van der Waals surface area contributed by atoms with E-state index in [1.807, 2.05) is 26.8 Å². The second-order valence-corrected chi connectivity index (χ2v) is 9.32. The zero-order valence-electron chi connectivity index (χ0n) is 13.9. The highest BCUT2D eigenvalue weighted by Crippen LogP contribution is 2.47. The Bertz CT molecular complexity index is 710. The van der Waals surface area contributed by atoms with E-state index >= 15 is 0 Å². The van der Waals surface area contributed by atoms with E-state index in [1.54, 1.807) is 28.8 Å². The van der Waals surface area contributed by atoms with Gasteiger partial charge in [-0.2, -0.15) is 0 Å². The second kappa shape index (κ2) is 6.11. The molecule has 7 heteroatoms. The third-order valence-corrected chi connectivity index (χ3v) is 7.07. The SMILES string of the molecule is CC(C)(NC(=O)C1CSC2(C)CCC(=O)N12)c1ccc(Cl)c(Cl)c1. The topological polar surface area (TPSA) is 49.4 Å². The zero-order valence-corrected chi connectivity index (χ0v) is 16.2. The van der Waals surface area contributed by atoms with Crippen LogP contribution in [0.4, 0.5) is 0 Å². The molecule has 0 aliphatic carbocycles. The summed E-state index contributed by atoms with van der Waals surface area (Å²) in [5, 5.41) is 4.00. The number of benzene rings is 1. The molecule has 0 saturated carbocycles. The summed E-state index contributed by atoms with van der Waals surface area (Å²) in [6.45, 7) is 5.87. The van der Waals surface area contributed by atoms with Gasteiger partial charge >= 0.3 is 0 Å². The molecule has 0 bridgehead atoms. The van der Waals surface area contributed by atoms with Crippen molar-refractivity contribution in [2.24, 2.45) is 0 Å². The van der Waals surface area contributed by atoms with Gasteiger partial charge in [-0.3, -0.25) is 9.59 Å². The molecule has 1 aromatic rings. The first-order valence-electron chi connectivity index (χ1n) is 7.88. The Kier molecular flexibility index (Phi) is 4.56. The highest BCUT2D eigenvalue weighted by Gasteiger charge is 2.53. The molecule has 0 aromatic heterocycles. The standard InChI is InChI=1S/C17H20Cl2N2O2S/c1-16(2,10-4-5-11(18)12(19)8-10)20-15(23)13-9-24-17(3)7-6-14(22)21(13)17/h4-5,8,13H,6-7,9H2,1-3H3,(H,20,23). The van der Waals surface area contributed by atoms with E-state index < -0.39 is 11.6 Å². The molecule has 24 heavy (non-hydrogen) atoms. The van der Waals surface area contributed by atoms with E-state index in [9.17, 15) is 9.59 Å². The Morgan fingerprint density at radius 3 is 2.75 bits per heavy atom. The lowest BCUT2D eigenvalue weighted by Gasteiger charge is -2.33. The van der Waals surface area contributed by atoms with Crippen LogP contribution in [0.1, 0.15) is 39.2 Å². The fourth-order valence-electron chi connectivity index (χ4n) is 3.36. The minimum absolute atomic E-state index is 0.0648. The quantitative estimate of drug-likeness (QED) is 0.859. The predicted octanol–water partition coefficient (Wildman–Crippen LogP) is 3.80. The summed E-state index contributed by atoms with van der Waals surface area (Å²) in [5.41, 5.74) is 0.254. The minimum atomic E-state index is -0.613. The molecule has 1 aromatic carbocycles. The van der Waals surface area contributed by atoms with Gasteiger partial charge in [-0.15, -0.1) is 11.8 Å². The number of hydrogen-bond donors (Lipinski definition) is 1. The highest BCUT2D eigenvalue weighted by atomic mass is 35.5. The molecule has 2 aliphatic rings. The van der Waals surface area contributed by atoms with Crippen LogP contribution in [0.3, 0.4) is 0 Å². The first-order valence-corrected chi connectivity index (χ1v) is 9.62. The lowest BCUT2D eigenvalue weighted by molar-refractivity contribution is -0.138. The summed E-state index contributed by atoms with van der Waals surface area (Å²) in [6.07, 6.45) is 1.32. The fourth-order valence-corrected chi connectivity index (χ4v) is 5.09. The van der Waals surface area contributed by atoms with E-state index in [1.165, 1.54) is 0 Å². The molecule has 2 fully saturated rings. The number of carbonyl (C=O) groups excluding carboxylic acids is 2. The number of amides is 2. The van der Waals surface area contributed by atoms with Crippen LogP contribution in [-0.2, 0) is 15.1 Å². The summed E-state index contributed by atoms with van der Waals surface area (Å²) in [5.74, 6) is 0.568. The molecule has 0 radical (unpaired) electrons. The summed E-state index contributed by atoms with van der Waals surface area (Å²) in [4.78, 5) is 26.6. The van der Waals surface area contributed by atoms with Crippen molar-refractivity contribution >= 4 is 46.8 Å². The van der Waals surface area contributed by atoms with Gasteiger partial charge < -0.3 is 10.2 Å². The molecule has 4 nitrogen and oxygen atoms in total. The monoisotopic (exact) mass is 386 g/mol. The molecule has 2 amide bonds. The van der Waals surface area contributed by atoms with Crippen molar-refractivity contribution in [3.05, 3.63) is 33.8 Å². The van der Waals surface area contributed by atoms with Crippen molar-refractivity contribution in [1.29, 1.82) is 0 Å². The predicted molar refractivity (Wildman–Crippen MR) is 98.4 cm³/mol. The van der Waals surface area contributed by atoms with E-state index in [2.05, 4.69) is 5.32 Å². The van der Waals surface area contributed by atoms with Gasteiger partial charge in [0.1, 0.15) is 6.04 Å². The van der Waals surface area contributed by atoms with Crippen LogP contribution in [0.25, 0.3) is 0 Å². The molecular formula is C17H20Cl2N2O2S. The summed E-state index contributed by atoms with van der Waals surface area (Å²) < 4.78 is 0. The Labute approximate surface area is 156 Å². The third-order valence-electron chi connectivity index (χ3n) is 4.82. The molecule has 2 unspecified atom stereocenters. The molecule has 0 spiro atoms. The number of thioether (sulfide) groups is 1. The van der Waals surface area contributed by atoms with E-state index in [-0.39, 0.29) is 16.7 Å². The van der Waals surface area contributed by atoms with Gasteiger partial charge in [-0.1, -0.05) is 29.3 Å². The maximum Gasteiger partial charge on any atom is 0.244 e. The van der Waals surface area contributed by atoms with Gasteiger partial charge in [0, 0.05) is 12.2 Å². The first kappa shape index (κ1) is 17.9. The summed E-state index contributed by atoms with van der Waals surface area (Å²) in [7, 11) is 0. The maximum absolute atomic E-state index is 12.8. The van der Waals surface area contributed by atoms with Crippen molar-refractivity contribution in [3.63, 3.8) is 0 Å². The normalized spacial score (nSPS) is 26.6. The van der Waals surface area contributed by atoms with Gasteiger partial charge in [-0.05, 0) is 44.9 Å². The lowest BCUT2D eigenvalue weighted by atomic mass is 9.94. The third kappa shape index (κ3) is 3.02. The van der Waals surface area contributed by atoms with Crippen molar-refractivity contribution < 1.29 is 9.59 Å². The van der Waals surface area contributed by atoms with Gasteiger partial charge in [0.15, 0.2) is 0 Å². The molecule has 2 atom stereocenters. The number of rotatable bonds is 3. The van der Waals surface area contributed by atoms with Crippen molar-refractivity contribution in [2.75, 3.05) is 5.75 Å². The van der Waals surface area contributed by atoms with Crippen LogP contribution in [0.5, 0.6) is 0 Å². The largest absolute Gasteiger partial charge is 0.345 e. The van der Waals surface area contributed by atoms with Crippen LogP contribution in [0.2, 0.25) is 10.0 Å². The average Bonchev–Trinajstić information content (AvgIpc) is 2.98. The van der Waals surface area contributed by atoms with Crippen LogP contribution >= 0.6 is 35.0 Å².